The maximum absolute atomic E-state index is 15.2. The van der Waals surface area contributed by atoms with Crippen LogP contribution in [0.3, 0.4) is 0 Å². The molecule has 0 aliphatic carbocycles. The summed E-state index contributed by atoms with van der Waals surface area (Å²) in [7, 11) is -3.18. The lowest BCUT2D eigenvalue weighted by Crippen LogP contribution is -2.53. The van der Waals surface area contributed by atoms with E-state index in [0.717, 1.165) is 23.1 Å². The van der Waals surface area contributed by atoms with E-state index < -0.39 is 50.8 Å². The molecule has 1 saturated heterocycles. The first-order valence-electron chi connectivity index (χ1n) is 11.1. The normalized spacial score (nSPS) is 17.3. The van der Waals surface area contributed by atoms with Crippen LogP contribution in [0.4, 0.5) is 29.3 Å². The summed E-state index contributed by atoms with van der Waals surface area (Å²) < 4.78 is 64.7. The highest BCUT2D eigenvalue weighted by molar-refractivity contribution is 7.91. The topological polar surface area (TPSA) is 102 Å². The van der Waals surface area contributed by atoms with E-state index in [1.165, 1.54) is 30.5 Å². The molecular formula is C25H22ClF3N4O3S. The lowest BCUT2D eigenvalue weighted by molar-refractivity contribution is -0.121. The quantitative estimate of drug-likeness (QED) is 0.375. The summed E-state index contributed by atoms with van der Waals surface area (Å²) in [5.41, 5.74) is -0.423. The summed E-state index contributed by atoms with van der Waals surface area (Å²) in [5.74, 6) is -3.56. The second-order valence-electron chi connectivity index (χ2n) is 8.54. The van der Waals surface area contributed by atoms with Crippen molar-refractivity contribution in [2.24, 2.45) is 0 Å². The number of piperidine rings is 1. The molecule has 194 valence electrons. The number of nitrogens with one attached hydrogen (secondary N) is 3. The zero-order valence-electron chi connectivity index (χ0n) is 19.5. The van der Waals surface area contributed by atoms with Gasteiger partial charge < -0.3 is 15.5 Å². The largest absolute Gasteiger partial charge is 0.326 e. The average molecular weight is 551 g/mol. The fourth-order valence-corrected chi connectivity index (χ4v) is 5.26. The molecule has 1 heterocycles. The van der Waals surface area contributed by atoms with Crippen molar-refractivity contribution < 1.29 is 27.0 Å². The van der Waals surface area contributed by atoms with Crippen molar-refractivity contribution in [3.05, 3.63) is 77.1 Å². The molecule has 3 N–H and O–H groups in total. The van der Waals surface area contributed by atoms with Crippen LogP contribution in [-0.4, -0.2) is 35.0 Å². The second-order valence-corrected chi connectivity index (χ2v) is 11.1. The van der Waals surface area contributed by atoms with Crippen LogP contribution in [0, 0.1) is 22.2 Å². The van der Waals surface area contributed by atoms with Gasteiger partial charge >= 0.3 is 6.03 Å². The van der Waals surface area contributed by atoms with Crippen LogP contribution in [0.15, 0.2) is 59.5 Å². The molecule has 2 atom stereocenters. The van der Waals surface area contributed by atoms with E-state index in [1.54, 1.807) is 12.1 Å². The number of carbonyl (C=O) groups excluding carboxylic acids is 2. The summed E-state index contributed by atoms with van der Waals surface area (Å²) in [6, 6.07) is 9.86. The van der Waals surface area contributed by atoms with Crippen molar-refractivity contribution in [1.82, 2.24) is 5.32 Å². The van der Waals surface area contributed by atoms with E-state index in [-0.39, 0.29) is 39.7 Å². The molecule has 1 fully saturated rings. The molecule has 3 aromatic carbocycles. The van der Waals surface area contributed by atoms with Crippen molar-refractivity contribution in [1.29, 1.82) is 4.78 Å². The molecule has 3 aromatic rings. The first-order valence-corrected chi connectivity index (χ1v) is 13.5. The number of hydrogen-bond donors (Lipinski definition) is 3. The van der Waals surface area contributed by atoms with Crippen molar-refractivity contribution in [3.63, 3.8) is 0 Å². The highest BCUT2D eigenvalue weighted by atomic mass is 35.5. The predicted molar refractivity (Wildman–Crippen MR) is 136 cm³/mol. The number of hydrogen-bond acceptors (Lipinski definition) is 4. The molecule has 7 nitrogen and oxygen atoms in total. The van der Waals surface area contributed by atoms with Gasteiger partial charge in [0.15, 0.2) is 11.6 Å². The van der Waals surface area contributed by atoms with Crippen LogP contribution in [0.25, 0.3) is 11.1 Å². The first kappa shape index (κ1) is 26.5. The Morgan fingerprint density at radius 2 is 1.76 bits per heavy atom. The van der Waals surface area contributed by atoms with Crippen molar-refractivity contribution >= 4 is 44.6 Å². The highest BCUT2D eigenvalue weighted by Gasteiger charge is 2.34. The summed E-state index contributed by atoms with van der Waals surface area (Å²) in [5, 5.41) is 4.85. The molecule has 0 bridgehead atoms. The van der Waals surface area contributed by atoms with Gasteiger partial charge in [0.2, 0.25) is 5.91 Å². The molecule has 1 unspecified atom stereocenters. The molecule has 3 amide bonds. The van der Waals surface area contributed by atoms with Crippen LogP contribution in [0.2, 0.25) is 5.02 Å². The van der Waals surface area contributed by atoms with Gasteiger partial charge in [-0.15, -0.1) is 0 Å². The highest BCUT2D eigenvalue weighted by Crippen LogP contribution is 2.34. The molecule has 0 saturated carbocycles. The van der Waals surface area contributed by atoms with Gasteiger partial charge in [-0.1, -0.05) is 29.8 Å². The Morgan fingerprint density at radius 3 is 2.41 bits per heavy atom. The maximum Gasteiger partial charge on any atom is 0.319 e. The minimum absolute atomic E-state index is 0.0176. The van der Waals surface area contributed by atoms with Crippen LogP contribution in [0.1, 0.15) is 12.8 Å². The van der Waals surface area contributed by atoms with Gasteiger partial charge in [-0.25, -0.2) is 27.0 Å². The Labute approximate surface area is 216 Å². The third-order valence-corrected chi connectivity index (χ3v) is 7.26. The van der Waals surface area contributed by atoms with Gasteiger partial charge in [0, 0.05) is 17.8 Å². The van der Waals surface area contributed by atoms with E-state index in [2.05, 4.69) is 10.6 Å². The monoisotopic (exact) mass is 550 g/mol. The van der Waals surface area contributed by atoms with Crippen LogP contribution in [-0.2, 0) is 14.5 Å². The Balaban J connectivity index is 1.57. The lowest BCUT2D eigenvalue weighted by Gasteiger charge is -2.33. The SMILES string of the molecule is CS(=N)(=O)c1ccccc1-c1cc(F)c(N2CCC[C@@H](NC(=O)Nc3ccc(Cl)cc3F)C2=O)c(F)c1. The molecule has 12 heteroatoms. The Kier molecular flexibility index (Phi) is 7.47. The Morgan fingerprint density at radius 1 is 1.08 bits per heavy atom. The van der Waals surface area contributed by atoms with Gasteiger partial charge in [-0.05, 0) is 60.4 Å². The fourth-order valence-electron chi connectivity index (χ4n) is 4.16. The summed E-state index contributed by atoms with van der Waals surface area (Å²) >= 11 is 5.70. The third-order valence-electron chi connectivity index (χ3n) is 5.83. The average Bonchev–Trinajstić information content (AvgIpc) is 2.82. The number of nitrogens with zero attached hydrogens (tertiary/aromatic N) is 1. The molecule has 0 aromatic heterocycles. The summed E-state index contributed by atoms with van der Waals surface area (Å²) in [6.45, 7) is 0.0176. The number of halogens is 4. The van der Waals surface area contributed by atoms with Gasteiger partial charge in [0.05, 0.1) is 20.3 Å². The Bertz CT molecular complexity index is 1480. The molecule has 0 radical (unpaired) electrons. The van der Waals surface area contributed by atoms with Crippen LogP contribution < -0.4 is 15.5 Å². The molecule has 0 spiro atoms. The second kappa shape index (κ2) is 10.4. The van der Waals surface area contributed by atoms with E-state index in [1.807, 2.05) is 0 Å². The summed E-state index contributed by atoms with van der Waals surface area (Å²) in [6.07, 6.45) is 1.77. The van der Waals surface area contributed by atoms with Crippen molar-refractivity contribution in [3.8, 4) is 11.1 Å². The molecule has 4 rings (SSSR count). The van der Waals surface area contributed by atoms with Gasteiger partial charge in [-0.2, -0.15) is 0 Å². The first-order chi connectivity index (χ1) is 17.5. The molecular weight excluding hydrogens is 529 g/mol. The Hall–Kier alpha value is -3.57. The van der Waals surface area contributed by atoms with Crippen molar-refractivity contribution in [2.45, 2.75) is 23.8 Å². The fraction of sp³-hybridized carbons (Fsp3) is 0.200. The molecule has 1 aliphatic heterocycles. The van der Waals surface area contributed by atoms with Gasteiger partial charge in [0.1, 0.15) is 17.5 Å². The third kappa shape index (κ3) is 5.72. The van der Waals surface area contributed by atoms with Gasteiger partial charge in [0.25, 0.3) is 0 Å². The number of benzene rings is 3. The zero-order valence-corrected chi connectivity index (χ0v) is 21.1. The van der Waals surface area contributed by atoms with E-state index >= 15 is 8.78 Å². The number of anilines is 2. The van der Waals surface area contributed by atoms with Gasteiger partial charge in [-0.3, -0.25) is 4.79 Å². The minimum Gasteiger partial charge on any atom is -0.326 e. The van der Waals surface area contributed by atoms with Crippen molar-refractivity contribution in [2.75, 3.05) is 23.0 Å². The number of carbonyl (C=O) groups is 2. The predicted octanol–water partition coefficient (Wildman–Crippen LogP) is 5.78. The number of urea groups is 1. The molecule has 1 aliphatic rings. The smallest absolute Gasteiger partial charge is 0.319 e. The van der Waals surface area contributed by atoms with E-state index in [0.29, 0.717) is 6.42 Å². The zero-order chi connectivity index (χ0) is 26.9. The van der Waals surface area contributed by atoms with E-state index in [4.69, 9.17) is 16.4 Å². The van der Waals surface area contributed by atoms with E-state index in [9.17, 15) is 18.2 Å². The standard InChI is InChI=1S/C25H22ClF3N4O3S/c1-37(30,36)22-7-3-2-5-16(22)14-11-18(28)23(19(29)12-14)33-10-4-6-21(24(33)34)32-25(35)31-20-9-8-15(26)13-17(20)27/h2-3,5,7-9,11-13,21,30H,4,6,10H2,1H3,(H2,31,32,35)/t21-,37?/m1/s1. The number of rotatable bonds is 5. The maximum atomic E-state index is 15.2. The lowest BCUT2D eigenvalue weighted by atomic mass is 10.0. The number of amides is 3. The summed E-state index contributed by atoms with van der Waals surface area (Å²) in [4.78, 5) is 26.5. The molecule has 37 heavy (non-hydrogen) atoms. The van der Waals surface area contributed by atoms with Crippen LogP contribution >= 0.6 is 11.6 Å². The van der Waals surface area contributed by atoms with Crippen LogP contribution in [0.5, 0.6) is 0 Å². The minimum atomic E-state index is -3.18.